The molecule has 3 aliphatic rings. The van der Waals surface area contributed by atoms with Crippen LogP contribution < -0.4 is 5.32 Å². The molecule has 1 aromatic heterocycles. The summed E-state index contributed by atoms with van der Waals surface area (Å²) in [5, 5.41) is 13.4. The summed E-state index contributed by atoms with van der Waals surface area (Å²) in [5.41, 5.74) is 1.53. The molecule has 3 aliphatic heterocycles. The monoisotopic (exact) mass is 274 g/mol. The van der Waals surface area contributed by atoms with Gasteiger partial charge >= 0.3 is 0 Å². The Balaban J connectivity index is 1.52. The first-order valence-corrected chi connectivity index (χ1v) is 7.52. The van der Waals surface area contributed by atoms with Gasteiger partial charge in [-0.15, -0.1) is 0 Å². The van der Waals surface area contributed by atoms with Gasteiger partial charge in [0.1, 0.15) is 0 Å². The summed E-state index contributed by atoms with van der Waals surface area (Å²) in [7, 11) is 0. The van der Waals surface area contributed by atoms with E-state index in [1.165, 1.54) is 5.56 Å². The van der Waals surface area contributed by atoms with E-state index in [0.29, 0.717) is 6.04 Å². The highest BCUT2D eigenvalue weighted by atomic mass is 16.3. The van der Waals surface area contributed by atoms with Crippen LogP contribution in [0.25, 0.3) is 0 Å². The van der Waals surface area contributed by atoms with Crippen molar-refractivity contribution in [3.63, 3.8) is 0 Å². The van der Waals surface area contributed by atoms with Crippen LogP contribution in [0, 0.1) is 0 Å². The molecular formula is C15H22N4O. The first-order valence-electron chi connectivity index (χ1n) is 7.52. The fourth-order valence-corrected chi connectivity index (χ4v) is 4.11. The van der Waals surface area contributed by atoms with Gasteiger partial charge in [-0.05, 0) is 18.1 Å². The van der Waals surface area contributed by atoms with E-state index in [1.54, 1.807) is 0 Å². The van der Waals surface area contributed by atoms with E-state index in [2.05, 4.69) is 26.2 Å². The van der Waals surface area contributed by atoms with Crippen molar-refractivity contribution in [2.75, 3.05) is 32.7 Å². The minimum absolute atomic E-state index is 0.143. The molecule has 0 amide bonds. The van der Waals surface area contributed by atoms with Gasteiger partial charge in [0.25, 0.3) is 0 Å². The summed E-state index contributed by atoms with van der Waals surface area (Å²) >= 11 is 0. The molecule has 108 valence electrons. The van der Waals surface area contributed by atoms with Gasteiger partial charge in [0.2, 0.25) is 0 Å². The topological polar surface area (TPSA) is 51.6 Å². The summed E-state index contributed by atoms with van der Waals surface area (Å²) in [5.74, 6) is 0. The number of β-amino-alcohol motifs (C(OH)–C–C–N with tert-alkyl or cyclic N) is 1. The molecule has 20 heavy (non-hydrogen) atoms. The van der Waals surface area contributed by atoms with Gasteiger partial charge in [-0.1, -0.05) is 6.07 Å². The predicted octanol–water partition coefficient (Wildman–Crippen LogP) is -0.326. The third-order valence-corrected chi connectivity index (χ3v) is 5.03. The maximum absolute atomic E-state index is 10.00. The van der Waals surface area contributed by atoms with E-state index in [-0.39, 0.29) is 11.6 Å². The summed E-state index contributed by atoms with van der Waals surface area (Å²) in [6.45, 7) is 6.09. The van der Waals surface area contributed by atoms with Crippen LogP contribution in [0.15, 0.2) is 24.5 Å². The van der Waals surface area contributed by atoms with Crippen molar-refractivity contribution in [1.29, 1.82) is 0 Å². The van der Waals surface area contributed by atoms with Crippen molar-refractivity contribution >= 4 is 0 Å². The van der Waals surface area contributed by atoms with Gasteiger partial charge in [-0.25, -0.2) is 0 Å². The Morgan fingerprint density at radius 2 is 2.30 bits per heavy atom. The zero-order valence-electron chi connectivity index (χ0n) is 11.7. The number of aromatic nitrogens is 1. The quantitative estimate of drug-likeness (QED) is 0.774. The standard InChI is InChI=1S/C15H22N4O/c20-14-4-13-7-18(6-12-2-1-3-16-5-12)11-15(9-17-10-15)19(13)8-14/h1-3,5,13-14,17,20H,4,6-11H2/t13-,14+/m0/s1. The number of aliphatic hydroxyl groups is 1. The molecule has 0 saturated carbocycles. The van der Waals surface area contributed by atoms with Gasteiger partial charge in [0.05, 0.1) is 11.6 Å². The normalized spacial score (nSPS) is 33.0. The highest BCUT2D eigenvalue weighted by molar-refractivity contribution is 5.14. The average Bonchev–Trinajstić information content (AvgIpc) is 2.77. The highest BCUT2D eigenvalue weighted by Crippen LogP contribution is 2.35. The molecule has 2 N–H and O–H groups in total. The second-order valence-electron chi connectivity index (χ2n) is 6.55. The Bertz CT molecular complexity index is 476. The van der Waals surface area contributed by atoms with Crippen molar-refractivity contribution < 1.29 is 5.11 Å². The van der Waals surface area contributed by atoms with Crippen LogP contribution in [-0.2, 0) is 6.54 Å². The number of fused-ring (bicyclic) bond motifs is 2. The Hall–Kier alpha value is -1.01. The van der Waals surface area contributed by atoms with Crippen LogP contribution in [0.1, 0.15) is 12.0 Å². The number of nitrogens with one attached hydrogen (secondary N) is 1. The molecular weight excluding hydrogens is 252 g/mol. The molecule has 4 heterocycles. The fourth-order valence-electron chi connectivity index (χ4n) is 4.11. The fraction of sp³-hybridized carbons (Fsp3) is 0.667. The van der Waals surface area contributed by atoms with Crippen LogP contribution in [0.3, 0.4) is 0 Å². The van der Waals surface area contributed by atoms with Crippen molar-refractivity contribution in [3.8, 4) is 0 Å². The lowest BCUT2D eigenvalue weighted by molar-refractivity contribution is -0.0569. The van der Waals surface area contributed by atoms with Gasteiger partial charge in [-0.3, -0.25) is 14.8 Å². The van der Waals surface area contributed by atoms with E-state index in [4.69, 9.17) is 0 Å². The average molecular weight is 274 g/mol. The Kier molecular flexibility index (Phi) is 3.03. The number of hydrogen-bond acceptors (Lipinski definition) is 5. The number of piperazine rings is 1. The molecule has 5 heteroatoms. The summed E-state index contributed by atoms with van der Waals surface area (Å²) < 4.78 is 0. The van der Waals surface area contributed by atoms with Crippen molar-refractivity contribution in [1.82, 2.24) is 20.1 Å². The van der Waals surface area contributed by atoms with Crippen LogP contribution in [0.2, 0.25) is 0 Å². The molecule has 0 aliphatic carbocycles. The van der Waals surface area contributed by atoms with E-state index < -0.39 is 0 Å². The lowest BCUT2D eigenvalue weighted by atomic mass is 9.86. The first kappa shape index (κ1) is 12.7. The lowest BCUT2D eigenvalue weighted by Crippen LogP contribution is -2.77. The SMILES string of the molecule is O[C@@H]1C[C@H]2CN(Cc3cccnc3)CC3(CNC3)N2C1. The van der Waals surface area contributed by atoms with E-state index in [9.17, 15) is 5.11 Å². The predicted molar refractivity (Wildman–Crippen MR) is 76.2 cm³/mol. The summed E-state index contributed by atoms with van der Waals surface area (Å²) in [6, 6.07) is 4.66. The molecule has 0 aromatic carbocycles. The van der Waals surface area contributed by atoms with Crippen molar-refractivity contribution in [3.05, 3.63) is 30.1 Å². The van der Waals surface area contributed by atoms with Crippen LogP contribution in [0.4, 0.5) is 0 Å². The Morgan fingerprint density at radius 3 is 3.00 bits per heavy atom. The molecule has 3 fully saturated rings. The van der Waals surface area contributed by atoms with Gasteiger partial charge < -0.3 is 10.4 Å². The molecule has 1 spiro atoms. The third-order valence-electron chi connectivity index (χ3n) is 5.03. The molecule has 4 rings (SSSR count). The van der Waals surface area contributed by atoms with E-state index in [0.717, 1.165) is 45.7 Å². The molecule has 2 atom stereocenters. The van der Waals surface area contributed by atoms with Gasteiger partial charge in [-0.2, -0.15) is 0 Å². The molecule has 3 saturated heterocycles. The molecule has 0 radical (unpaired) electrons. The number of hydrogen-bond donors (Lipinski definition) is 2. The Labute approximate surface area is 119 Å². The molecule has 5 nitrogen and oxygen atoms in total. The van der Waals surface area contributed by atoms with Crippen LogP contribution >= 0.6 is 0 Å². The number of pyridine rings is 1. The minimum Gasteiger partial charge on any atom is -0.392 e. The maximum Gasteiger partial charge on any atom is 0.0682 e. The molecule has 0 bridgehead atoms. The van der Waals surface area contributed by atoms with Crippen molar-refractivity contribution in [2.45, 2.75) is 30.7 Å². The van der Waals surface area contributed by atoms with Crippen molar-refractivity contribution in [2.24, 2.45) is 0 Å². The zero-order valence-corrected chi connectivity index (χ0v) is 11.7. The second-order valence-corrected chi connectivity index (χ2v) is 6.55. The number of rotatable bonds is 2. The highest BCUT2D eigenvalue weighted by Gasteiger charge is 2.52. The smallest absolute Gasteiger partial charge is 0.0682 e. The van der Waals surface area contributed by atoms with Crippen LogP contribution in [-0.4, -0.2) is 70.3 Å². The maximum atomic E-state index is 10.00. The number of nitrogens with zero attached hydrogens (tertiary/aromatic N) is 3. The van der Waals surface area contributed by atoms with Gasteiger partial charge in [0.15, 0.2) is 0 Å². The molecule has 1 aromatic rings. The first-order chi connectivity index (χ1) is 9.75. The van der Waals surface area contributed by atoms with E-state index >= 15 is 0 Å². The molecule has 0 unspecified atom stereocenters. The third kappa shape index (κ3) is 2.05. The minimum atomic E-state index is -0.143. The number of aliphatic hydroxyl groups excluding tert-OH is 1. The second kappa shape index (κ2) is 4.77. The zero-order chi connectivity index (χ0) is 13.6. The van der Waals surface area contributed by atoms with Crippen LogP contribution in [0.5, 0.6) is 0 Å². The lowest BCUT2D eigenvalue weighted by Gasteiger charge is -2.57. The van der Waals surface area contributed by atoms with Gasteiger partial charge in [0, 0.05) is 57.7 Å². The Morgan fingerprint density at radius 1 is 1.40 bits per heavy atom. The van der Waals surface area contributed by atoms with E-state index in [1.807, 2.05) is 18.5 Å². The summed E-state index contributed by atoms with van der Waals surface area (Å²) in [6.07, 6.45) is 4.56. The largest absolute Gasteiger partial charge is 0.392 e. The summed E-state index contributed by atoms with van der Waals surface area (Å²) in [4.78, 5) is 9.31.